The molecule has 1 unspecified atom stereocenters. The van der Waals surface area contributed by atoms with Gasteiger partial charge in [-0.05, 0) is 12.8 Å². The summed E-state index contributed by atoms with van der Waals surface area (Å²) in [5.41, 5.74) is 7.30. The molecule has 0 saturated heterocycles. The second kappa shape index (κ2) is 5.47. The topological polar surface area (TPSA) is 38.9 Å². The Morgan fingerprint density at radius 3 is 2.50 bits per heavy atom. The lowest BCUT2D eigenvalue weighted by atomic mass is 9.92. The molecule has 0 aliphatic heterocycles. The summed E-state index contributed by atoms with van der Waals surface area (Å²) < 4.78 is 0. The zero-order chi connectivity index (χ0) is 10.6. The number of aromatic nitrogens is 1. The van der Waals surface area contributed by atoms with E-state index < -0.39 is 0 Å². The fourth-order valence-electron chi connectivity index (χ4n) is 1.80. The minimum atomic E-state index is 0.270. The molecular weight excluding hydrogens is 192 g/mol. The van der Waals surface area contributed by atoms with Crippen LogP contribution < -0.4 is 5.73 Å². The molecule has 0 radical (unpaired) electrons. The quantitative estimate of drug-likeness (QED) is 0.815. The zero-order valence-corrected chi connectivity index (χ0v) is 10.1. The molecule has 1 aromatic heterocycles. The zero-order valence-electron chi connectivity index (χ0n) is 9.29. The average Bonchev–Trinajstić information content (AvgIpc) is 2.53. The lowest BCUT2D eigenvalue weighted by molar-refractivity contribution is 0.391. The smallest absolute Gasteiger partial charge is 0.0897 e. The molecule has 0 amide bonds. The molecule has 1 rings (SSSR count). The summed E-state index contributed by atoms with van der Waals surface area (Å²) in [6.07, 6.45) is 3.26. The summed E-state index contributed by atoms with van der Waals surface area (Å²) in [6, 6.07) is 0.270. The van der Waals surface area contributed by atoms with Crippen LogP contribution in [0.5, 0.6) is 0 Å². The van der Waals surface area contributed by atoms with Crippen molar-refractivity contribution in [2.45, 2.75) is 46.1 Å². The van der Waals surface area contributed by atoms with Gasteiger partial charge in [0.25, 0.3) is 0 Å². The molecule has 3 heteroatoms. The Morgan fingerprint density at radius 2 is 2.07 bits per heavy atom. The first-order valence-electron chi connectivity index (χ1n) is 5.33. The number of hydrogen-bond acceptors (Lipinski definition) is 3. The molecule has 80 valence electrons. The maximum atomic E-state index is 6.14. The van der Waals surface area contributed by atoms with Crippen LogP contribution in [0.1, 0.15) is 37.4 Å². The Kier molecular flexibility index (Phi) is 4.55. The third-order valence-electron chi connectivity index (χ3n) is 2.77. The van der Waals surface area contributed by atoms with Crippen LogP contribution in [0.3, 0.4) is 0 Å². The maximum absolute atomic E-state index is 6.14. The molecule has 0 saturated carbocycles. The SMILES string of the molecule is CCC(CC)C(N)Cc1csc(C)n1. The van der Waals surface area contributed by atoms with Crippen molar-refractivity contribution in [1.82, 2.24) is 4.98 Å². The standard InChI is InChI=1S/C11H20N2S/c1-4-9(5-2)11(12)6-10-7-14-8(3)13-10/h7,9,11H,4-6,12H2,1-3H3. The van der Waals surface area contributed by atoms with E-state index in [-0.39, 0.29) is 6.04 Å². The highest BCUT2D eigenvalue weighted by atomic mass is 32.1. The molecule has 0 aromatic carbocycles. The van der Waals surface area contributed by atoms with Crippen LogP contribution in [-0.2, 0) is 6.42 Å². The molecule has 2 N–H and O–H groups in total. The van der Waals surface area contributed by atoms with Crippen molar-refractivity contribution in [3.05, 3.63) is 16.1 Å². The Balaban J connectivity index is 2.51. The van der Waals surface area contributed by atoms with Gasteiger partial charge in [-0.1, -0.05) is 26.7 Å². The van der Waals surface area contributed by atoms with E-state index in [0.29, 0.717) is 5.92 Å². The first kappa shape index (κ1) is 11.7. The van der Waals surface area contributed by atoms with Gasteiger partial charge in [0.1, 0.15) is 0 Å². The van der Waals surface area contributed by atoms with Crippen LogP contribution in [0, 0.1) is 12.8 Å². The van der Waals surface area contributed by atoms with E-state index in [1.54, 1.807) is 11.3 Å². The predicted octanol–water partition coefficient (Wildman–Crippen LogP) is 2.76. The van der Waals surface area contributed by atoms with Crippen molar-refractivity contribution in [3.8, 4) is 0 Å². The number of thiazole rings is 1. The van der Waals surface area contributed by atoms with E-state index in [1.807, 2.05) is 6.92 Å². The summed E-state index contributed by atoms with van der Waals surface area (Å²) in [6.45, 7) is 6.46. The molecule has 0 aliphatic carbocycles. The van der Waals surface area contributed by atoms with E-state index in [0.717, 1.165) is 17.1 Å². The van der Waals surface area contributed by atoms with Gasteiger partial charge in [-0.25, -0.2) is 4.98 Å². The van der Waals surface area contributed by atoms with Gasteiger partial charge in [-0.3, -0.25) is 0 Å². The number of hydrogen-bond donors (Lipinski definition) is 1. The van der Waals surface area contributed by atoms with Gasteiger partial charge in [-0.2, -0.15) is 0 Å². The van der Waals surface area contributed by atoms with Gasteiger partial charge < -0.3 is 5.73 Å². The van der Waals surface area contributed by atoms with E-state index in [2.05, 4.69) is 24.2 Å². The van der Waals surface area contributed by atoms with Crippen LogP contribution in [0.2, 0.25) is 0 Å². The Hall–Kier alpha value is -0.410. The van der Waals surface area contributed by atoms with Crippen molar-refractivity contribution < 1.29 is 0 Å². The van der Waals surface area contributed by atoms with Crippen LogP contribution in [0.25, 0.3) is 0 Å². The lowest BCUT2D eigenvalue weighted by Gasteiger charge is -2.19. The summed E-state index contributed by atoms with van der Waals surface area (Å²) >= 11 is 1.71. The normalized spacial score (nSPS) is 13.5. The van der Waals surface area contributed by atoms with Gasteiger partial charge >= 0.3 is 0 Å². The van der Waals surface area contributed by atoms with Gasteiger partial charge in [0.2, 0.25) is 0 Å². The highest BCUT2D eigenvalue weighted by Gasteiger charge is 2.15. The fraction of sp³-hybridized carbons (Fsp3) is 0.727. The van der Waals surface area contributed by atoms with Crippen LogP contribution in [-0.4, -0.2) is 11.0 Å². The van der Waals surface area contributed by atoms with Crippen molar-refractivity contribution in [1.29, 1.82) is 0 Å². The molecule has 14 heavy (non-hydrogen) atoms. The van der Waals surface area contributed by atoms with Gasteiger partial charge in [0.15, 0.2) is 0 Å². The molecule has 2 nitrogen and oxygen atoms in total. The van der Waals surface area contributed by atoms with Crippen molar-refractivity contribution in [2.24, 2.45) is 11.7 Å². The van der Waals surface area contributed by atoms with Crippen LogP contribution in [0.15, 0.2) is 5.38 Å². The van der Waals surface area contributed by atoms with Gasteiger partial charge in [0, 0.05) is 17.8 Å². The van der Waals surface area contributed by atoms with Crippen LogP contribution in [0.4, 0.5) is 0 Å². The largest absolute Gasteiger partial charge is 0.327 e. The monoisotopic (exact) mass is 212 g/mol. The van der Waals surface area contributed by atoms with Crippen molar-refractivity contribution >= 4 is 11.3 Å². The molecular formula is C11H20N2S. The molecule has 1 heterocycles. The minimum absolute atomic E-state index is 0.270. The first-order valence-corrected chi connectivity index (χ1v) is 6.21. The summed E-state index contributed by atoms with van der Waals surface area (Å²) in [5.74, 6) is 0.636. The number of rotatable bonds is 5. The summed E-state index contributed by atoms with van der Waals surface area (Å²) in [4.78, 5) is 4.44. The van der Waals surface area contributed by atoms with E-state index in [1.165, 1.54) is 12.8 Å². The highest BCUT2D eigenvalue weighted by molar-refractivity contribution is 7.09. The third-order valence-corrected chi connectivity index (χ3v) is 3.59. The number of aryl methyl sites for hydroxylation is 1. The lowest BCUT2D eigenvalue weighted by Crippen LogP contribution is -2.31. The Bertz CT molecular complexity index is 266. The van der Waals surface area contributed by atoms with Crippen molar-refractivity contribution in [3.63, 3.8) is 0 Å². The van der Waals surface area contributed by atoms with Crippen molar-refractivity contribution in [2.75, 3.05) is 0 Å². The third kappa shape index (κ3) is 3.07. The molecule has 1 aromatic rings. The minimum Gasteiger partial charge on any atom is -0.327 e. The highest BCUT2D eigenvalue weighted by Crippen LogP contribution is 2.16. The number of nitrogens with two attached hydrogens (primary N) is 1. The second-order valence-electron chi connectivity index (χ2n) is 3.80. The van der Waals surface area contributed by atoms with Gasteiger partial charge in [0.05, 0.1) is 10.7 Å². The molecule has 0 bridgehead atoms. The van der Waals surface area contributed by atoms with Gasteiger partial charge in [-0.15, -0.1) is 11.3 Å². The van der Waals surface area contributed by atoms with E-state index >= 15 is 0 Å². The first-order chi connectivity index (χ1) is 6.67. The summed E-state index contributed by atoms with van der Waals surface area (Å²) in [7, 11) is 0. The Labute approximate surface area is 90.6 Å². The maximum Gasteiger partial charge on any atom is 0.0897 e. The fourth-order valence-corrected chi connectivity index (χ4v) is 2.43. The molecule has 0 fully saturated rings. The predicted molar refractivity (Wildman–Crippen MR) is 62.6 cm³/mol. The molecule has 0 spiro atoms. The average molecular weight is 212 g/mol. The van der Waals surface area contributed by atoms with E-state index in [4.69, 9.17) is 5.73 Å². The van der Waals surface area contributed by atoms with Crippen LogP contribution >= 0.6 is 11.3 Å². The Morgan fingerprint density at radius 1 is 1.43 bits per heavy atom. The molecule has 0 aliphatic rings. The molecule has 1 atom stereocenters. The summed E-state index contributed by atoms with van der Waals surface area (Å²) in [5, 5.41) is 3.26. The van der Waals surface area contributed by atoms with E-state index in [9.17, 15) is 0 Å². The second-order valence-corrected chi connectivity index (χ2v) is 4.86. The number of nitrogens with zero attached hydrogens (tertiary/aromatic N) is 1.